The fraction of sp³-hybridized carbons (Fsp3) is 0.382. The lowest BCUT2D eigenvalue weighted by Crippen LogP contribution is -2.47. The van der Waals surface area contributed by atoms with E-state index in [2.05, 4.69) is 45.8 Å². The zero-order valence-corrected chi connectivity index (χ0v) is 28.0. The monoisotopic (exact) mass is 674 g/mol. The van der Waals surface area contributed by atoms with Gasteiger partial charge in [-0.2, -0.15) is 13.2 Å². The lowest BCUT2D eigenvalue weighted by Gasteiger charge is -2.39. The van der Waals surface area contributed by atoms with Crippen LogP contribution in [0.1, 0.15) is 49.0 Å². The summed E-state index contributed by atoms with van der Waals surface area (Å²) >= 11 is 6.97. The van der Waals surface area contributed by atoms with Crippen molar-refractivity contribution in [3.05, 3.63) is 88.5 Å². The second-order valence-corrected chi connectivity index (χ2v) is 14.7. The molecule has 1 heterocycles. The number of allylic oxidation sites excluding steroid dienone is 1. The molecule has 2 aliphatic rings. The quantitative estimate of drug-likeness (QED) is 0.174. The number of carbonyl (C=O) groups is 1. The van der Waals surface area contributed by atoms with E-state index < -0.39 is 5.51 Å². The van der Waals surface area contributed by atoms with Gasteiger partial charge < -0.3 is 10.2 Å². The topological polar surface area (TPSA) is 47.6 Å². The third-order valence-corrected chi connectivity index (χ3v) is 10.2. The van der Waals surface area contributed by atoms with Gasteiger partial charge in [0.05, 0.1) is 0 Å². The number of benzene rings is 3. The van der Waals surface area contributed by atoms with E-state index >= 15 is 0 Å². The van der Waals surface area contributed by atoms with Gasteiger partial charge >= 0.3 is 5.51 Å². The number of anilines is 2. The average molecular weight is 675 g/mol. The third kappa shape index (κ3) is 9.15. The number of halogens is 4. The molecular formula is C34H38ClF3N4OS2. The Kier molecular flexibility index (Phi) is 10.7. The lowest BCUT2D eigenvalue weighted by atomic mass is 9.73. The Labute approximate surface area is 277 Å². The van der Waals surface area contributed by atoms with Crippen LogP contribution in [-0.4, -0.2) is 56.1 Å². The molecule has 0 unspecified atom stereocenters. The van der Waals surface area contributed by atoms with E-state index in [1.807, 2.05) is 24.3 Å². The smallest absolute Gasteiger partial charge is 0.387 e. The summed E-state index contributed by atoms with van der Waals surface area (Å²) in [6, 6.07) is 20.4. The van der Waals surface area contributed by atoms with Crippen LogP contribution in [-0.2, 0) is 0 Å². The van der Waals surface area contributed by atoms with Gasteiger partial charge in [0.15, 0.2) is 0 Å². The minimum absolute atomic E-state index is 0.0509. The molecule has 0 aromatic heterocycles. The minimum Gasteiger partial charge on any atom is -0.387 e. The van der Waals surface area contributed by atoms with Crippen LogP contribution >= 0.6 is 35.3 Å². The molecule has 1 saturated heterocycles. The number of rotatable bonds is 9. The zero-order valence-electron chi connectivity index (χ0n) is 25.6. The molecule has 45 heavy (non-hydrogen) atoms. The number of nitrogens with zero attached hydrogens (tertiary/aromatic N) is 2. The molecular weight excluding hydrogens is 637 g/mol. The van der Waals surface area contributed by atoms with E-state index in [1.54, 1.807) is 31.3 Å². The van der Waals surface area contributed by atoms with Gasteiger partial charge in [0, 0.05) is 71.5 Å². The predicted octanol–water partition coefficient (Wildman–Crippen LogP) is 9.22. The molecule has 2 N–H and O–H groups in total. The second-order valence-electron chi connectivity index (χ2n) is 12.2. The Morgan fingerprint density at radius 3 is 2.31 bits per heavy atom. The van der Waals surface area contributed by atoms with Gasteiger partial charge in [-0.05, 0) is 114 Å². The average Bonchev–Trinajstić information content (AvgIpc) is 3.00. The summed E-state index contributed by atoms with van der Waals surface area (Å²) in [6.45, 7) is 9.40. The summed E-state index contributed by atoms with van der Waals surface area (Å²) in [4.78, 5) is 18.3. The van der Waals surface area contributed by atoms with Crippen LogP contribution < -0.4 is 14.9 Å². The summed E-state index contributed by atoms with van der Waals surface area (Å²) in [5.74, 6) is -0.306. The summed E-state index contributed by atoms with van der Waals surface area (Å²) in [7, 11) is 1.57. The Hall–Kier alpha value is -2.79. The largest absolute Gasteiger partial charge is 0.446 e. The van der Waals surface area contributed by atoms with E-state index in [0.29, 0.717) is 21.6 Å². The van der Waals surface area contributed by atoms with Crippen molar-refractivity contribution in [2.24, 2.45) is 5.41 Å². The van der Waals surface area contributed by atoms with E-state index in [-0.39, 0.29) is 22.6 Å². The number of hydrogen-bond acceptors (Lipinski definition) is 6. The molecule has 240 valence electrons. The van der Waals surface area contributed by atoms with Crippen LogP contribution in [0, 0.1) is 5.41 Å². The van der Waals surface area contributed by atoms with Gasteiger partial charge in [-0.3, -0.25) is 14.4 Å². The third-order valence-electron chi connectivity index (χ3n) is 8.35. The van der Waals surface area contributed by atoms with Crippen LogP contribution in [0.25, 0.3) is 5.57 Å². The summed E-state index contributed by atoms with van der Waals surface area (Å²) in [5.41, 5.74) is 2.10. The van der Waals surface area contributed by atoms with Gasteiger partial charge in [-0.15, -0.1) is 0 Å². The number of hydrogen-bond donors (Lipinski definition) is 2. The minimum atomic E-state index is -4.40. The molecule has 0 bridgehead atoms. The van der Waals surface area contributed by atoms with E-state index in [0.717, 1.165) is 68.2 Å². The van der Waals surface area contributed by atoms with E-state index in [4.69, 9.17) is 11.6 Å². The molecule has 0 atom stereocenters. The maximum atomic E-state index is 13.0. The number of piperazine rings is 1. The van der Waals surface area contributed by atoms with Crippen molar-refractivity contribution in [2.75, 3.05) is 50.0 Å². The molecule has 5 nitrogen and oxygen atoms in total. The summed E-state index contributed by atoms with van der Waals surface area (Å²) < 4.78 is 41.6. The molecule has 1 aliphatic carbocycles. The highest BCUT2D eigenvalue weighted by Gasteiger charge is 2.31. The number of amides is 1. The van der Waals surface area contributed by atoms with Gasteiger partial charge in [-0.1, -0.05) is 43.2 Å². The maximum absolute atomic E-state index is 13.0. The first-order chi connectivity index (χ1) is 21.4. The first-order valence-corrected chi connectivity index (χ1v) is 17.0. The fourth-order valence-electron chi connectivity index (χ4n) is 5.97. The van der Waals surface area contributed by atoms with Crippen molar-refractivity contribution < 1.29 is 18.0 Å². The standard InChI is InChI=1S/C34H38ClF3N4OS2/c1-33(2)15-14-29(23-4-8-26(35)9-5-23)25(21-33)22-41-16-18-42(19-17-41)27-10-6-24(7-11-27)32(43)40-45-28-12-13-30(39-3)31(20-28)44-34(36,37)38/h4-13,20,39H,14-19,21-22H2,1-3H3,(H,40,43). The Morgan fingerprint density at radius 2 is 1.67 bits per heavy atom. The fourth-order valence-corrected chi connectivity index (χ4v) is 7.52. The SMILES string of the molecule is CNc1ccc(SNC(=O)c2ccc(N3CCN(CC4=C(c5ccc(Cl)cc5)CCC(C)(C)C4)CC3)cc2)cc1SC(F)(F)F. The number of alkyl halides is 3. The molecule has 11 heteroatoms. The van der Waals surface area contributed by atoms with Crippen molar-refractivity contribution in [1.29, 1.82) is 0 Å². The molecule has 5 rings (SSSR count). The van der Waals surface area contributed by atoms with Crippen LogP contribution in [0.3, 0.4) is 0 Å². The van der Waals surface area contributed by atoms with Gasteiger partial charge in [0.1, 0.15) is 0 Å². The van der Waals surface area contributed by atoms with Crippen molar-refractivity contribution in [3.8, 4) is 0 Å². The number of thioether (sulfide) groups is 1. The number of carbonyl (C=O) groups excluding carboxylic acids is 1. The highest BCUT2D eigenvalue weighted by atomic mass is 35.5. The highest BCUT2D eigenvalue weighted by Crippen LogP contribution is 2.43. The van der Waals surface area contributed by atoms with Crippen molar-refractivity contribution in [1.82, 2.24) is 9.62 Å². The van der Waals surface area contributed by atoms with E-state index in [1.165, 1.54) is 29.2 Å². The molecule has 0 spiro atoms. The van der Waals surface area contributed by atoms with Gasteiger partial charge in [0.25, 0.3) is 5.91 Å². The molecule has 1 amide bonds. The lowest BCUT2D eigenvalue weighted by molar-refractivity contribution is -0.0328. The van der Waals surface area contributed by atoms with Crippen molar-refractivity contribution in [3.63, 3.8) is 0 Å². The van der Waals surface area contributed by atoms with Crippen LogP contribution in [0.4, 0.5) is 24.5 Å². The summed E-state index contributed by atoms with van der Waals surface area (Å²) in [5, 5.41) is 3.53. The van der Waals surface area contributed by atoms with Crippen LogP contribution in [0.15, 0.2) is 82.1 Å². The highest BCUT2D eigenvalue weighted by molar-refractivity contribution is 8.00. The predicted molar refractivity (Wildman–Crippen MR) is 182 cm³/mol. The molecule has 1 aliphatic heterocycles. The second kappa shape index (κ2) is 14.3. The molecule has 0 saturated carbocycles. The van der Waals surface area contributed by atoms with Gasteiger partial charge in [0.2, 0.25) is 0 Å². The first kappa shape index (κ1) is 33.6. The zero-order chi connectivity index (χ0) is 32.2. The van der Waals surface area contributed by atoms with Crippen LogP contribution in [0.2, 0.25) is 5.02 Å². The van der Waals surface area contributed by atoms with Gasteiger partial charge in [-0.25, -0.2) is 0 Å². The Bertz CT molecular complexity index is 1520. The normalized spacial score (nSPS) is 17.4. The molecule has 3 aromatic carbocycles. The van der Waals surface area contributed by atoms with Crippen molar-refractivity contribution in [2.45, 2.75) is 48.4 Å². The summed E-state index contributed by atoms with van der Waals surface area (Å²) in [6.07, 6.45) is 3.37. The Morgan fingerprint density at radius 1 is 0.978 bits per heavy atom. The molecule has 0 radical (unpaired) electrons. The maximum Gasteiger partial charge on any atom is 0.446 e. The van der Waals surface area contributed by atoms with E-state index in [9.17, 15) is 18.0 Å². The first-order valence-electron chi connectivity index (χ1n) is 15.0. The molecule has 3 aromatic rings. The Balaban J connectivity index is 1.16. The van der Waals surface area contributed by atoms with Crippen molar-refractivity contribution >= 4 is 58.2 Å². The number of nitrogens with one attached hydrogen (secondary N) is 2. The van der Waals surface area contributed by atoms with Crippen LogP contribution in [0.5, 0.6) is 0 Å². The molecule has 1 fully saturated rings.